The Bertz CT molecular complexity index is 158. The molecule has 0 aromatic heterocycles. The maximum atomic E-state index is 3.72. The van der Waals surface area contributed by atoms with E-state index in [1.165, 1.54) is 38.0 Å². The van der Waals surface area contributed by atoms with Crippen LogP contribution in [-0.2, 0) is 0 Å². The van der Waals surface area contributed by atoms with Gasteiger partial charge in [0.05, 0.1) is 0 Å². The van der Waals surface area contributed by atoms with E-state index in [4.69, 9.17) is 0 Å². The van der Waals surface area contributed by atoms with Crippen LogP contribution in [0.4, 0.5) is 0 Å². The molecule has 0 spiro atoms. The van der Waals surface area contributed by atoms with Gasteiger partial charge in [0.25, 0.3) is 0 Å². The molecule has 2 heteroatoms. The van der Waals surface area contributed by atoms with Crippen molar-refractivity contribution in [1.29, 1.82) is 0 Å². The standard InChI is InChI=1S/C12H23NS/c1-3-9-14-10-8-13-12-7-5-6-11(12)4-2/h3,11-13H,1,4-10H2,2H3. The van der Waals surface area contributed by atoms with Crippen molar-refractivity contribution in [3.8, 4) is 0 Å². The molecule has 1 aliphatic rings. The summed E-state index contributed by atoms with van der Waals surface area (Å²) in [7, 11) is 0. The Morgan fingerprint density at radius 2 is 2.36 bits per heavy atom. The number of hydrogen-bond acceptors (Lipinski definition) is 2. The minimum atomic E-state index is 0.810. The van der Waals surface area contributed by atoms with Crippen LogP contribution in [-0.4, -0.2) is 24.1 Å². The van der Waals surface area contributed by atoms with Crippen LogP contribution < -0.4 is 5.32 Å². The normalized spacial score (nSPS) is 26.6. The smallest absolute Gasteiger partial charge is 0.0111 e. The van der Waals surface area contributed by atoms with Crippen molar-refractivity contribution in [3.63, 3.8) is 0 Å². The van der Waals surface area contributed by atoms with Gasteiger partial charge in [0.15, 0.2) is 0 Å². The minimum absolute atomic E-state index is 0.810. The van der Waals surface area contributed by atoms with Gasteiger partial charge in [-0.05, 0) is 18.8 Å². The first-order valence-corrected chi connectivity index (χ1v) is 6.96. The van der Waals surface area contributed by atoms with Crippen LogP contribution in [0.1, 0.15) is 32.6 Å². The molecule has 0 aromatic rings. The van der Waals surface area contributed by atoms with E-state index >= 15 is 0 Å². The fourth-order valence-electron chi connectivity index (χ4n) is 2.28. The van der Waals surface area contributed by atoms with E-state index < -0.39 is 0 Å². The molecule has 0 amide bonds. The summed E-state index contributed by atoms with van der Waals surface area (Å²) >= 11 is 1.96. The first-order valence-electron chi connectivity index (χ1n) is 5.80. The summed E-state index contributed by atoms with van der Waals surface area (Å²) < 4.78 is 0. The predicted octanol–water partition coefficient (Wildman–Crippen LogP) is 3.07. The van der Waals surface area contributed by atoms with Crippen molar-refractivity contribution in [3.05, 3.63) is 12.7 Å². The fraction of sp³-hybridized carbons (Fsp3) is 0.833. The molecule has 1 saturated carbocycles. The van der Waals surface area contributed by atoms with Gasteiger partial charge in [0.2, 0.25) is 0 Å². The Labute approximate surface area is 92.7 Å². The van der Waals surface area contributed by atoms with E-state index in [-0.39, 0.29) is 0 Å². The number of nitrogens with one attached hydrogen (secondary N) is 1. The average Bonchev–Trinajstić information content (AvgIpc) is 2.65. The second-order valence-corrected chi connectivity index (χ2v) is 5.17. The van der Waals surface area contributed by atoms with Gasteiger partial charge < -0.3 is 5.32 Å². The second kappa shape index (κ2) is 7.36. The van der Waals surface area contributed by atoms with Crippen molar-refractivity contribution in [2.45, 2.75) is 38.6 Å². The maximum Gasteiger partial charge on any atom is 0.0111 e. The highest BCUT2D eigenvalue weighted by Crippen LogP contribution is 2.27. The molecule has 2 atom stereocenters. The summed E-state index contributed by atoms with van der Waals surface area (Å²) in [6, 6.07) is 0.810. The third-order valence-corrected chi connectivity index (χ3v) is 4.04. The average molecular weight is 213 g/mol. The summed E-state index contributed by atoms with van der Waals surface area (Å²) in [5, 5.41) is 3.69. The van der Waals surface area contributed by atoms with Gasteiger partial charge in [-0.25, -0.2) is 0 Å². The van der Waals surface area contributed by atoms with Crippen LogP contribution in [0.15, 0.2) is 12.7 Å². The predicted molar refractivity (Wildman–Crippen MR) is 66.9 cm³/mol. The Hall–Kier alpha value is 0.0500. The molecule has 82 valence electrons. The Morgan fingerprint density at radius 3 is 3.07 bits per heavy atom. The third-order valence-electron chi connectivity index (χ3n) is 3.07. The largest absolute Gasteiger partial charge is 0.313 e. The molecular formula is C12H23NS. The monoisotopic (exact) mass is 213 g/mol. The van der Waals surface area contributed by atoms with Gasteiger partial charge in [0, 0.05) is 24.1 Å². The Morgan fingerprint density at radius 1 is 1.50 bits per heavy atom. The zero-order chi connectivity index (χ0) is 10.2. The van der Waals surface area contributed by atoms with E-state index in [0.717, 1.165) is 17.7 Å². The van der Waals surface area contributed by atoms with Gasteiger partial charge >= 0.3 is 0 Å². The zero-order valence-electron chi connectivity index (χ0n) is 9.30. The van der Waals surface area contributed by atoms with E-state index in [0.29, 0.717) is 0 Å². The zero-order valence-corrected chi connectivity index (χ0v) is 10.1. The van der Waals surface area contributed by atoms with Crippen LogP contribution in [0, 0.1) is 5.92 Å². The summed E-state index contributed by atoms with van der Waals surface area (Å²) in [4.78, 5) is 0. The number of hydrogen-bond donors (Lipinski definition) is 1. The number of rotatable bonds is 7. The van der Waals surface area contributed by atoms with Crippen LogP contribution in [0.2, 0.25) is 0 Å². The molecule has 14 heavy (non-hydrogen) atoms. The van der Waals surface area contributed by atoms with Crippen LogP contribution >= 0.6 is 11.8 Å². The summed E-state index contributed by atoms with van der Waals surface area (Å²) in [6.07, 6.45) is 7.58. The van der Waals surface area contributed by atoms with Gasteiger partial charge in [-0.2, -0.15) is 11.8 Å². The molecule has 0 aliphatic heterocycles. The third kappa shape index (κ3) is 4.05. The van der Waals surface area contributed by atoms with E-state index in [1.807, 2.05) is 17.8 Å². The highest BCUT2D eigenvalue weighted by Gasteiger charge is 2.24. The second-order valence-electron chi connectivity index (χ2n) is 4.02. The molecule has 0 bridgehead atoms. The van der Waals surface area contributed by atoms with Gasteiger partial charge in [-0.1, -0.05) is 25.8 Å². The van der Waals surface area contributed by atoms with E-state index in [1.54, 1.807) is 0 Å². The maximum absolute atomic E-state index is 3.72. The molecular weight excluding hydrogens is 190 g/mol. The topological polar surface area (TPSA) is 12.0 Å². The molecule has 1 aliphatic carbocycles. The highest BCUT2D eigenvalue weighted by atomic mass is 32.2. The van der Waals surface area contributed by atoms with Crippen molar-refractivity contribution in [1.82, 2.24) is 5.32 Å². The molecule has 0 heterocycles. The van der Waals surface area contributed by atoms with Crippen molar-refractivity contribution >= 4 is 11.8 Å². The van der Waals surface area contributed by atoms with Gasteiger partial charge in [-0.3, -0.25) is 0 Å². The SMILES string of the molecule is C=CCSCCNC1CCCC1CC. The Balaban J connectivity index is 2.02. The lowest BCUT2D eigenvalue weighted by Crippen LogP contribution is -2.33. The van der Waals surface area contributed by atoms with Crippen LogP contribution in [0.25, 0.3) is 0 Å². The first kappa shape index (κ1) is 12.1. The lowest BCUT2D eigenvalue weighted by molar-refractivity contribution is 0.399. The number of thioether (sulfide) groups is 1. The van der Waals surface area contributed by atoms with E-state index in [2.05, 4.69) is 18.8 Å². The molecule has 0 radical (unpaired) electrons. The van der Waals surface area contributed by atoms with Crippen molar-refractivity contribution < 1.29 is 0 Å². The molecule has 1 fully saturated rings. The summed E-state index contributed by atoms with van der Waals surface area (Å²) in [5.41, 5.74) is 0. The van der Waals surface area contributed by atoms with Crippen LogP contribution in [0.3, 0.4) is 0 Å². The summed E-state index contributed by atoms with van der Waals surface area (Å²) in [6.45, 7) is 7.20. The first-order chi connectivity index (χ1) is 6.88. The quantitative estimate of drug-likeness (QED) is 0.515. The van der Waals surface area contributed by atoms with E-state index in [9.17, 15) is 0 Å². The van der Waals surface area contributed by atoms with Crippen molar-refractivity contribution in [2.75, 3.05) is 18.1 Å². The summed E-state index contributed by atoms with van der Waals surface area (Å²) in [5.74, 6) is 3.25. The lowest BCUT2D eigenvalue weighted by atomic mass is 10.0. The highest BCUT2D eigenvalue weighted by molar-refractivity contribution is 7.99. The minimum Gasteiger partial charge on any atom is -0.313 e. The fourth-order valence-corrected chi connectivity index (χ4v) is 2.87. The Kier molecular flexibility index (Phi) is 6.37. The molecule has 1 N–H and O–H groups in total. The molecule has 1 rings (SSSR count). The van der Waals surface area contributed by atoms with Crippen LogP contribution in [0.5, 0.6) is 0 Å². The van der Waals surface area contributed by atoms with Gasteiger partial charge in [0.1, 0.15) is 0 Å². The molecule has 1 nitrogen and oxygen atoms in total. The molecule has 0 aromatic carbocycles. The molecule has 2 unspecified atom stereocenters. The lowest BCUT2D eigenvalue weighted by Gasteiger charge is -2.19. The van der Waals surface area contributed by atoms with Crippen molar-refractivity contribution in [2.24, 2.45) is 5.92 Å². The molecule has 0 saturated heterocycles. The van der Waals surface area contributed by atoms with Gasteiger partial charge in [-0.15, -0.1) is 6.58 Å².